The minimum absolute atomic E-state index is 0.142. The Labute approximate surface area is 125 Å². The van der Waals surface area contributed by atoms with Crippen LogP contribution < -0.4 is 5.32 Å². The van der Waals surface area contributed by atoms with Gasteiger partial charge in [-0.3, -0.25) is 0 Å². The Hall–Kier alpha value is -2.22. The van der Waals surface area contributed by atoms with Gasteiger partial charge in [0.25, 0.3) is 0 Å². The molecule has 0 saturated carbocycles. The van der Waals surface area contributed by atoms with Gasteiger partial charge in [0.1, 0.15) is 11.3 Å². The van der Waals surface area contributed by atoms with Gasteiger partial charge in [0.15, 0.2) is 0 Å². The zero-order chi connectivity index (χ0) is 14.8. The Morgan fingerprint density at radius 3 is 2.67 bits per heavy atom. The molecule has 3 rings (SSSR count). The second-order valence-electron chi connectivity index (χ2n) is 5.52. The predicted molar refractivity (Wildman–Crippen MR) is 88.8 cm³/mol. The molecule has 0 aliphatic carbocycles. The van der Waals surface area contributed by atoms with Crippen LogP contribution >= 0.6 is 0 Å². The number of aryl methyl sites for hydroxylation is 2. The first-order valence-corrected chi connectivity index (χ1v) is 7.52. The molecule has 21 heavy (non-hydrogen) atoms. The fourth-order valence-corrected chi connectivity index (χ4v) is 2.73. The largest absolute Gasteiger partial charge is 0.459 e. The Bertz CT molecular complexity index is 724. The van der Waals surface area contributed by atoms with Gasteiger partial charge in [0.05, 0.1) is 6.04 Å². The molecule has 0 saturated heterocycles. The molecule has 0 amide bonds. The number of furan rings is 1. The first kappa shape index (κ1) is 13.7. The molecule has 0 spiro atoms. The highest BCUT2D eigenvalue weighted by Crippen LogP contribution is 2.29. The second-order valence-corrected chi connectivity index (χ2v) is 5.52. The van der Waals surface area contributed by atoms with Crippen molar-refractivity contribution in [2.75, 3.05) is 5.32 Å². The smallest absolute Gasteiger partial charge is 0.134 e. The fourth-order valence-electron chi connectivity index (χ4n) is 2.73. The summed E-state index contributed by atoms with van der Waals surface area (Å²) in [6.07, 6.45) is 1.02. The van der Waals surface area contributed by atoms with E-state index in [0.29, 0.717) is 0 Å². The molecule has 2 heteroatoms. The van der Waals surface area contributed by atoms with Crippen LogP contribution in [0.2, 0.25) is 0 Å². The third-order valence-electron chi connectivity index (χ3n) is 3.97. The lowest BCUT2D eigenvalue weighted by molar-refractivity contribution is 0.526. The maximum absolute atomic E-state index is 5.95. The number of para-hydroxylation sites is 2. The molecule has 0 radical (unpaired) electrons. The van der Waals surface area contributed by atoms with Crippen LogP contribution in [0.5, 0.6) is 0 Å². The Morgan fingerprint density at radius 1 is 1.10 bits per heavy atom. The standard InChI is InChI=1S/C19H21NO/c1-4-15-10-7-8-13(2)19(15)20-14(3)18-12-16-9-5-6-11-17(16)21-18/h5-12,14,20H,4H2,1-3H3. The normalized spacial score (nSPS) is 12.5. The van der Waals surface area contributed by atoms with Crippen LogP contribution in [0.4, 0.5) is 5.69 Å². The van der Waals surface area contributed by atoms with Crippen molar-refractivity contribution >= 4 is 16.7 Å². The molecule has 1 unspecified atom stereocenters. The maximum atomic E-state index is 5.95. The summed E-state index contributed by atoms with van der Waals surface area (Å²) < 4.78 is 5.95. The van der Waals surface area contributed by atoms with Gasteiger partial charge in [0, 0.05) is 11.1 Å². The van der Waals surface area contributed by atoms with Crippen LogP contribution in [-0.2, 0) is 6.42 Å². The summed E-state index contributed by atoms with van der Waals surface area (Å²) in [6, 6.07) is 16.8. The number of anilines is 1. The van der Waals surface area contributed by atoms with Gasteiger partial charge < -0.3 is 9.73 Å². The molecule has 3 aromatic rings. The van der Waals surface area contributed by atoms with E-state index >= 15 is 0 Å². The quantitative estimate of drug-likeness (QED) is 0.684. The van der Waals surface area contributed by atoms with E-state index in [1.54, 1.807) is 0 Å². The molecule has 1 heterocycles. The lowest BCUT2D eigenvalue weighted by Gasteiger charge is -2.18. The van der Waals surface area contributed by atoms with Gasteiger partial charge in [0.2, 0.25) is 0 Å². The minimum atomic E-state index is 0.142. The highest BCUT2D eigenvalue weighted by molar-refractivity contribution is 5.78. The Morgan fingerprint density at radius 2 is 1.90 bits per heavy atom. The minimum Gasteiger partial charge on any atom is -0.459 e. The van der Waals surface area contributed by atoms with Crippen LogP contribution in [0.15, 0.2) is 52.9 Å². The Kier molecular flexibility index (Phi) is 3.70. The fraction of sp³-hybridized carbons (Fsp3) is 0.263. The van der Waals surface area contributed by atoms with Crippen molar-refractivity contribution in [1.82, 2.24) is 0 Å². The zero-order valence-corrected chi connectivity index (χ0v) is 12.8. The summed E-state index contributed by atoms with van der Waals surface area (Å²) in [5.41, 5.74) is 4.80. The van der Waals surface area contributed by atoms with E-state index in [4.69, 9.17) is 4.42 Å². The van der Waals surface area contributed by atoms with Crippen molar-refractivity contribution in [3.05, 3.63) is 65.4 Å². The third kappa shape index (κ3) is 2.66. The number of hydrogen-bond acceptors (Lipinski definition) is 2. The molecule has 0 bridgehead atoms. The van der Waals surface area contributed by atoms with Crippen molar-refractivity contribution in [1.29, 1.82) is 0 Å². The summed E-state index contributed by atoms with van der Waals surface area (Å²) in [5.74, 6) is 0.974. The molecule has 108 valence electrons. The van der Waals surface area contributed by atoms with Crippen molar-refractivity contribution in [3.8, 4) is 0 Å². The lowest BCUT2D eigenvalue weighted by Crippen LogP contribution is -2.08. The summed E-state index contributed by atoms with van der Waals surface area (Å²) in [5, 5.41) is 4.77. The first-order valence-electron chi connectivity index (χ1n) is 7.52. The molecule has 0 fully saturated rings. The van der Waals surface area contributed by atoms with Gasteiger partial charge in [-0.2, -0.15) is 0 Å². The van der Waals surface area contributed by atoms with E-state index < -0.39 is 0 Å². The average Bonchev–Trinajstić information content (AvgIpc) is 2.93. The van der Waals surface area contributed by atoms with E-state index in [-0.39, 0.29) is 6.04 Å². The van der Waals surface area contributed by atoms with Crippen molar-refractivity contribution < 1.29 is 4.42 Å². The van der Waals surface area contributed by atoms with E-state index in [2.05, 4.69) is 56.4 Å². The van der Waals surface area contributed by atoms with Gasteiger partial charge in [-0.1, -0.05) is 43.3 Å². The van der Waals surface area contributed by atoms with Crippen LogP contribution in [-0.4, -0.2) is 0 Å². The van der Waals surface area contributed by atoms with Crippen LogP contribution in [0.1, 0.15) is 36.8 Å². The number of hydrogen-bond donors (Lipinski definition) is 1. The van der Waals surface area contributed by atoms with E-state index in [9.17, 15) is 0 Å². The molecule has 2 aromatic carbocycles. The SMILES string of the molecule is CCc1cccc(C)c1NC(C)c1cc2ccccc2o1. The highest BCUT2D eigenvalue weighted by atomic mass is 16.3. The molecule has 1 atom stereocenters. The molecular formula is C19H21NO. The van der Waals surface area contributed by atoms with Gasteiger partial charge in [-0.05, 0) is 43.5 Å². The topological polar surface area (TPSA) is 25.2 Å². The monoisotopic (exact) mass is 279 g/mol. The number of nitrogens with one attached hydrogen (secondary N) is 1. The molecule has 2 nitrogen and oxygen atoms in total. The maximum Gasteiger partial charge on any atom is 0.134 e. The molecular weight excluding hydrogens is 258 g/mol. The van der Waals surface area contributed by atoms with E-state index in [0.717, 1.165) is 23.2 Å². The second kappa shape index (κ2) is 5.65. The lowest BCUT2D eigenvalue weighted by atomic mass is 10.0. The van der Waals surface area contributed by atoms with Crippen molar-refractivity contribution in [2.24, 2.45) is 0 Å². The summed E-state index contributed by atoms with van der Waals surface area (Å²) >= 11 is 0. The molecule has 1 aromatic heterocycles. The highest BCUT2D eigenvalue weighted by Gasteiger charge is 2.13. The van der Waals surface area contributed by atoms with Crippen LogP contribution in [0.3, 0.4) is 0 Å². The van der Waals surface area contributed by atoms with Crippen LogP contribution in [0.25, 0.3) is 11.0 Å². The van der Waals surface area contributed by atoms with E-state index in [1.165, 1.54) is 16.8 Å². The average molecular weight is 279 g/mol. The molecule has 0 aliphatic rings. The zero-order valence-electron chi connectivity index (χ0n) is 12.8. The van der Waals surface area contributed by atoms with E-state index in [1.807, 2.05) is 18.2 Å². The summed E-state index contributed by atoms with van der Waals surface area (Å²) in [7, 11) is 0. The number of fused-ring (bicyclic) bond motifs is 1. The Balaban J connectivity index is 1.91. The molecule has 1 N–H and O–H groups in total. The summed E-state index contributed by atoms with van der Waals surface area (Å²) in [6.45, 7) is 6.47. The number of benzene rings is 2. The van der Waals surface area contributed by atoms with Gasteiger partial charge in [-0.25, -0.2) is 0 Å². The summed E-state index contributed by atoms with van der Waals surface area (Å²) in [4.78, 5) is 0. The first-order chi connectivity index (χ1) is 10.2. The van der Waals surface area contributed by atoms with Gasteiger partial charge >= 0.3 is 0 Å². The third-order valence-corrected chi connectivity index (χ3v) is 3.97. The number of rotatable bonds is 4. The van der Waals surface area contributed by atoms with Gasteiger partial charge in [-0.15, -0.1) is 0 Å². The van der Waals surface area contributed by atoms with Crippen molar-refractivity contribution in [3.63, 3.8) is 0 Å². The van der Waals surface area contributed by atoms with Crippen LogP contribution in [0, 0.1) is 6.92 Å². The predicted octanol–water partition coefficient (Wildman–Crippen LogP) is 5.48. The molecule has 0 aliphatic heterocycles. The van der Waals surface area contributed by atoms with Crippen molar-refractivity contribution in [2.45, 2.75) is 33.2 Å².